The molecule has 13 heavy (non-hydrogen) atoms. The first-order valence-corrected chi connectivity index (χ1v) is 4.76. The van der Waals surface area contributed by atoms with Crippen molar-refractivity contribution in [2.45, 2.75) is 26.3 Å². The lowest BCUT2D eigenvalue weighted by molar-refractivity contribution is 0.0206. The largest absolute Gasteiger partial charge is 0.314 e. The Morgan fingerprint density at radius 1 is 1.54 bits per heavy atom. The maximum Gasteiger partial charge on any atom is 0.281 e. The summed E-state index contributed by atoms with van der Waals surface area (Å²) in [5.41, 5.74) is 0.433. The molecular formula is C8H12F2N2S. The van der Waals surface area contributed by atoms with Crippen LogP contribution < -0.4 is 5.32 Å². The molecule has 0 bridgehead atoms. The molecule has 0 radical (unpaired) electrons. The zero-order valence-corrected chi connectivity index (χ0v) is 8.63. The molecule has 0 saturated carbocycles. The highest BCUT2D eigenvalue weighted by atomic mass is 32.1. The van der Waals surface area contributed by atoms with Crippen LogP contribution in [0.25, 0.3) is 0 Å². The minimum atomic E-state index is -2.77. The molecule has 0 spiro atoms. The molecule has 0 aliphatic heterocycles. The summed E-state index contributed by atoms with van der Waals surface area (Å²) < 4.78 is 25.8. The van der Waals surface area contributed by atoms with Crippen LogP contribution in [0.15, 0.2) is 0 Å². The van der Waals surface area contributed by atoms with E-state index in [1.165, 1.54) is 0 Å². The fourth-order valence-corrected chi connectivity index (χ4v) is 2.09. The van der Waals surface area contributed by atoms with E-state index in [0.29, 0.717) is 17.2 Å². The van der Waals surface area contributed by atoms with Crippen molar-refractivity contribution in [2.24, 2.45) is 0 Å². The van der Waals surface area contributed by atoms with Crippen LogP contribution in [-0.2, 0) is 12.5 Å². The number of thiazole rings is 1. The van der Waals surface area contributed by atoms with Crippen molar-refractivity contribution < 1.29 is 8.78 Å². The summed E-state index contributed by atoms with van der Waals surface area (Å²) in [4.78, 5) is 4.11. The highest BCUT2D eigenvalue weighted by Gasteiger charge is 2.29. The lowest BCUT2D eigenvalue weighted by Crippen LogP contribution is -2.05. The molecule has 1 aromatic heterocycles. The summed E-state index contributed by atoms with van der Waals surface area (Å²) in [6.07, 6.45) is 0. The van der Waals surface area contributed by atoms with Crippen molar-refractivity contribution in [1.82, 2.24) is 10.3 Å². The maximum absolute atomic E-state index is 12.9. The number of aromatic nitrogens is 1. The molecule has 2 nitrogen and oxygen atoms in total. The third kappa shape index (κ3) is 2.45. The average Bonchev–Trinajstić information content (AvgIpc) is 2.30. The predicted octanol–water partition coefficient (Wildman–Crippen LogP) is 2.28. The van der Waals surface area contributed by atoms with Gasteiger partial charge in [-0.1, -0.05) is 0 Å². The van der Waals surface area contributed by atoms with Gasteiger partial charge in [-0.15, -0.1) is 11.3 Å². The third-order valence-electron chi connectivity index (χ3n) is 1.57. The first kappa shape index (κ1) is 10.5. The summed E-state index contributed by atoms with van der Waals surface area (Å²) in [6.45, 7) is 3.06. The third-order valence-corrected chi connectivity index (χ3v) is 2.90. The normalized spacial score (nSPS) is 12.1. The summed E-state index contributed by atoms with van der Waals surface area (Å²) in [6, 6.07) is 0. The SMILES string of the molecule is CNCc1nc(C)c(C(C)(F)F)s1. The van der Waals surface area contributed by atoms with Gasteiger partial charge in [0.15, 0.2) is 0 Å². The Labute approximate surface area is 80.0 Å². The van der Waals surface area contributed by atoms with Gasteiger partial charge in [0.25, 0.3) is 5.92 Å². The van der Waals surface area contributed by atoms with Crippen molar-refractivity contribution in [3.63, 3.8) is 0 Å². The van der Waals surface area contributed by atoms with Crippen LogP contribution in [0, 0.1) is 6.92 Å². The van der Waals surface area contributed by atoms with Gasteiger partial charge >= 0.3 is 0 Å². The summed E-state index contributed by atoms with van der Waals surface area (Å²) in [7, 11) is 1.76. The fraction of sp³-hybridized carbons (Fsp3) is 0.625. The second kappa shape index (κ2) is 3.67. The molecule has 0 amide bonds. The van der Waals surface area contributed by atoms with E-state index >= 15 is 0 Å². The molecule has 1 N–H and O–H groups in total. The number of alkyl halides is 2. The average molecular weight is 206 g/mol. The number of hydrogen-bond acceptors (Lipinski definition) is 3. The molecule has 1 aromatic rings. The van der Waals surface area contributed by atoms with E-state index in [9.17, 15) is 8.78 Å². The number of nitrogens with one attached hydrogen (secondary N) is 1. The van der Waals surface area contributed by atoms with Crippen molar-refractivity contribution in [2.75, 3.05) is 7.05 Å². The molecule has 74 valence electrons. The molecule has 5 heteroatoms. The minimum Gasteiger partial charge on any atom is -0.314 e. The molecule has 1 rings (SSSR count). The molecule has 0 aromatic carbocycles. The summed E-state index contributed by atoms with van der Waals surface area (Å²) in [5, 5.41) is 3.58. The van der Waals surface area contributed by atoms with E-state index in [2.05, 4.69) is 10.3 Å². The van der Waals surface area contributed by atoms with Crippen LogP contribution in [0.2, 0.25) is 0 Å². The molecule has 0 aliphatic carbocycles. The zero-order valence-electron chi connectivity index (χ0n) is 7.82. The van der Waals surface area contributed by atoms with Crippen LogP contribution in [0.5, 0.6) is 0 Å². The van der Waals surface area contributed by atoms with Gasteiger partial charge in [0.2, 0.25) is 0 Å². The molecule has 0 saturated heterocycles. The van der Waals surface area contributed by atoms with Crippen molar-refractivity contribution in [3.05, 3.63) is 15.6 Å². The molecule has 0 aliphatic rings. The first-order chi connectivity index (χ1) is 5.95. The molecular weight excluding hydrogens is 194 g/mol. The first-order valence-electron chi connectivity index (χ1n) is 3.94. The quantitative estimate of drug-likeness (QED) is 0.820. The van der Waals surface area contributed by atoms with Crippen LogP contribution in [0.3, 0.4) is 0 Å². The van der Waals surface area contributed by atoms with Crippen LogP contribution in [0.4, 0.5) is 8.78 Å². The van der Waals surface area contributed by atoms with Crippen molar-refractivity contribution in [1.29, 1.82) is 0 Å². The molecule has 1 heterocycles. The molecule has 0 atom stereocenters. The van der Waals surface area contributed by atoms with Gasteiger partial charge in [-0.05, 0) is 14.0 Å². The Morgan fingerprint density at radius 2 is 2.15 bits per heavy atom. The van der Waals surface area contributed by atoms with Crippen molar-refractivity contribution >= 4 is 11.3 Å². The Hall–Kier alpha value is -0.550. The van der Waals surface area contributed by atoms with E-state index in [1.54, 1.807) is 14.0 Å². The molecule has 0 fully saturated rings. The van der Waals surface area contributed by atoms with Gasteiger partial charge in [0, 0.05) is 13.5 Å². The van der Waals surface area contributed by atoms with Crippen LogP contribution >= 0.6 is 11.3 Å². The standard InChI is InChI=1S/C8H12F2N2S/c1-5-7(8(2,9)10)13-6(12-5)4-11-3/h11H,4H2,1-3H3. The van der Waals surface area contributed by atoms with Gasteiger partial charge in [-0.3, -0.25) is 0 Å². The van der Waals surface area contributed by atoms with Gasteiger partial charge in [-0.2, -0.15) is 0 Å². The predicted molar refractivity (Wildman–Crippen MR) is 49.2 cm³/mol. The van der Waals surface area contributed by atoms with E-state index in [1.807, 2.05) is 0 Å². The smallest absolute Gasteiger partial charge is 0.281 e. The van der Waals surface area contributed by atoms with E-state index in [4.69, 9.17) is 0 Å². The number of halogens is 2. The second-order valence-electron chi connectivity index (χ2n) is 2.94. The van der Waals surface area contributed by atoms with Crippen LogP contribution in [0.1, 0.15) is 22.5 Å². The van der Waals surface area contributed by atoms with Gasteiger partial charge in [-0.25, -0.2) is 13.8 Å². The van der Waals surface area contributed by atoms with Gasteiger partial charge in [0.1, 0.15) is 5.01 Å². The number of nitrogens with zero attached hydrogens (tertiary/aromatic N) is 1. The Morgan fingerprint density at radius 3 is 2.54 bits per heavy atom. The van der Waals surface area contributed by atoms with E-state index < -0.39 is 5.92 Å². The maximum atomic E-state index is 12.9. The fourth-order valence-electron chi connectivity index (χ4n) is 1.09. The van der Waals surface area contributed by atoms with Gasteiger partial charge < -0.3 is 5.32 Å². The lowest BCUT2D eigenvalue weighted by Gasteiger charge is -2.06. The zero-order chi connectivity index (χ0) is 10.1. The highest BCUT2D eigenvalue weighted by Crippen LogP contribution is 2.34. The van der Waals surface area contributed by atoms with Crippen molar-refractivity contribution in [3.8, 4) is 0 Å². The Balaban J connectivity index is 2.96. The second-order valence-corrected chi connectivity index (χ2v) is 4.02. The summed E-state index contributed by atoms with van der Waals surface area (Å²) >= 11 is 1.07. The molecule has 0 unspecified atom stereocenters. The van der Waals surface area contributed by atoms with Gasteiger partial charge in [0.05, 0.1) is 10.6 Å². The highest BCUT2D eigenvalue weighted by molar-refractivity contribution is 7.11. The number of rotatable bonds is 3. The lowest BCUT2D eigenvalue weighted by atomic mass is 10.3. The Bertz CT molecular complexity index is 291. The minimum absolute atomic E-state index is 0.0674. The summed E-state index contributed by atoms with van der Waals surface area (Å²) in [5.74, 6) is -2.77. The number of aryl methyl sites for hydroxylation is 1. The van der Waals surface area contributed by atoms with E-state index in [0.717, 1.165) is 18.3 Å². The van der Waals surface area contributed by atoms with E-state index in [-0.39, 0.29) is 4.88 Å². The Kier molecular flexibility index (Phi) is 2.98. The van der Waals surface area contributed by atoms with Crippen LogP contribution in [-0.4, -0.2) is 12.0 Å². The number of hydrogen-bond donors (Lipinski definition) is 1. The monoisotopic (exact) mass is 206 g/mol. The topological polar surface area (TPSA) is 24.9 Å².